The lowest BCUT2D eigenvalue weighted by atomic mass is 10.0. The standard InChI is InChI=1S/C16H12O2S/c1-2-16(17)18-15-9-7-14(8-10-15)13-5-3-12(11-19)4-6-13/h2-11H,1H2. The van der Waals surface area contributed by atoms with Gasteiger partial charge in [0.15, 0.2) is 0 Å². The van der Waals surface area contributed by atoms with Crippen LogP contribution >= 0.6 is 12.2 Å². The Morgan fingerprint density at radius 1 is 1.00 bits per heavy atom. The van der Waals surface area contributed by atoms with Gasteiger partial charge in [0.1, 0.15) is 5.75 Å². The second kappa shape index (κ2) is 6.07. The van der Waals surface area contributed by atoms with Gasteiger partial charge >= 0.3 is 5.97 Å². The van der Waals surface area contributed by atoms with Gasteiger partial charge in [-0.3, -0.25) is 0 Å². The van der Waals surface area contributed by atoms with Crippen molar-refractivity contribution in [2.24, 2.45) is 0 Å². The molecular weight excluding hydrogens is 256 g/mol. The maximum absolute atomic E-state index is 11.1. The molecule has 0 saturated heterocycles. The number of hydrogen-bond donors (Lipinski definition) is 0. The van der Waals surface area contributed by atoms with E-state index in [0.717, 1.165) is 22.8 Å². The van der Waals surface area contributed by atoms with Crippen molar-refractivity contribution in [1.29, 1.82) is 0 Å². The van der Waals surface area contributed by atoms with Crippen LogP contribution in [0, 0.1) is 0 Å². The molecule has 2 aromatic rings. The molecule has 2 rings (SSSR count). The number of rotatable bonds is 4. The van der Waals surface area contributed by atoms with Crippen molar-refractivity contribution in [3.8, 4) is 16.9 Å². The van der Waals surface area contributed by atoms with Crippen molar-refractivity contribution in [1.82, 2.24) is 0 Å². The van der Waals surface area contributed by atoms with E-state index in [1.165, 1.54) is 0 Å². The lowest BCUT2D eigenvalue weighted by Gasteiger charge is -2.04. The fourth-order valence-electron chi connectivity index (χ4n) is 1.63. The maximum Gasteiger partial charge on any atom is 0.335 e. The second-order valence-electron chi connectivity index (χ2n) is 3.89. The molecular formula is C16H12O2S. The van der Waals surface area contributed by atoms with Crippen LogP contribution in [0.25, 0.3) is 11.1 Å². The lowest BCUT2D eigenvalue weighted by molar-refractivity contribution is -0.128. The SMILES string of the molecule is C=CC(=O)Oc1ccc(-c2ccc(C=S)cc2)cc1. The van der Waals surface area contributed by atoms with Crippen LogP contribution in [-0.4, -0.2) is 11.3 Å². The Balaban J connectivity index is 2.19. The molecule has 0 fully saturated rings. The number of thiocarbonyl (C=S) groups is 1. The summed E-state index contributed by atoms with van der Waals surface area (Å²) in [6, 6.07) is 15.2. The summed E-state index contributed by atoms with van der Waals surface area (Å²) in [6.07, 6.45) is 1.14. The van der Waals surface area contributed by atoms with Gasteiger partial charge in [-0.05, 0) is 28.8 Å². The molecule has 3 heteroatoms. The Kier molecular flexibility index (Phi) is 4.21. The monoisotopic (exact) mass is 268 g/mol. The Morgan fingerprint density at radius 2 is 1.53 bits per heavy atom. The molecule has 0 N–H and O–H groups in total. The third-order valence-electron chi connectivity index (χ3n) is 2.62. The third kappa shape index (κ3) is 3.36. The van der Waals surface area contributed by atoms with Gasteiger partial charge in [0.05, 0.1) is 0 Å². The summed E-state index contributed by atoms with van der Waals surface area (Å²) < 4.78 is 5.02. The number of ether oxygens (including phenoxy) is 1. The summed E-state index contributed by atoms with van der Waals surface area (Å²) in [5.41, 5.74) is 3.15. The summed E-state index contributed by atoms with van der Waals surface area (Å²) in [6.45, 7) is 3.35. The van der Waals surface area contributed by atoms with Crippen molar-refractivity contribution in [2.45, 2.75) is 0 Å². The molecule has 0 heterocycles. The first-order valence-corrected chi connectivity index (χ1v) is 6.20. The van der Waals surface area contributed by atoms with E-state index in [4.69, 9.17) is 17.0 Å². The molecule has 0 atom stereocenters. The van der Waals surface area contributed by atoms with E-state index in [1.807, 2.05) is 36.4 Å². The van der Waals surface area contributed by atoms with Gasteiger partial charge in [-0.15, -0.1) is 0 Å². The van der Waals surface area contributed by atoms with Gasteiger partial charge in [-0.25, -0.2) is 4.79 Å². The van der Waals surface area contributed by atoms with Gasteiger partial charge in [0.2, 0.25) is 0 Å². The Labute approximate surface area is 117 Å². The van der Waals surface area contributed by atoms with Crippen molar-refractivity contribution in [2.75, 3.05) is 0 Å². The van der Waals surface area contributed by atoms with E-state index in [2.05, 4.69) is 6.58 Å². The number of hydrogen-bond acceptors (Lipinski definition) is 3. The van der Waals surface area contributed by atoms with Crippen LogP contribution in [0.5, 0.6) is 5.75 Å². The molecule has 0 amide bonds. The quantitative estimate of drug-likeness (QED) is 0.365. The van der Waals surface area contributed by atoms with Crippen molar-refractivity contribution in [3.63, 3.8) is 0 Å². The van der Waals surface area contributed by atoms with Crippen molar-refractivity contribution in [3.05, 3.63) is 66.7 Å². The molecule has 0 unspecified atom stereocenters. The fourth-order valence-corrected chi connectivity index (χ4v) is 1.78. The summed E-state index contributed by atoms with van der Waals surface area (Å²) in [5.74, 6) is 0.0437. The first-order valence-electron chi connectivity index (χ1n) is 5.73. The van der Waals surface area contributed by atoms with Crippen LogP contribution in [0.3, 0.4) is 0 Å². The molecule has 0 aliphatic carbocycles. The molecule has 0 bridgehead atoms. The van der Waals surface area contributed by atoms with Crippen LogP contribution in [0.4, 0.5) is 0 Å². The first-order chi connectivity index (χ1) is 9.22. The van der Waals surface area contributed by atoms with Gasteiger partial charge in [-0.2, -0.15) is 0 Å². The maximum atomic E-state index is 11.1. The fraction of sp³-hybridized carbons (Fsp3) is 0. The minimum Gasteiger partial charge on any atom is -0.423 e. The van der Waals surface area contributed by atoms with E-state index in [-0.39, 0.29) is 0 Å². The number of carbonyl (C=O) groups excluding carboxylic acids is 1. The second-order valence-corrected chi connectivity index (χ2v) is 4.13. The molecule has 0 saturated carbocycles. The average Bonchev–Trinajstić information content (AvgIpc) is 2.48. The van der Waals surface area contributed by atoms with E-state index in [9.17, 15) is 4.79 Å². The lowest BCUT2D eigenvalue weighted by Crippen LogP contribution is -2.02. The summed E-state index contributed by atoms with van der Waals surface area (Å²) in [4.78, 5) is 11.1. The van der Waals surface area contributed by atoms with E-state index in [0.29, 0.717) is 5.75 Å². The van der Waals surface area contributed by atoms with Gasteiger partial charge in [0, 0.05) is 11.4 Å². The highest BCUT2D eigenvalue weighted by molar-refractivity contribution is 7.79. The van der Waals surface area contributed by atoms with Crippen LogP contribution in [0.2, 0.25) is 0 Å². The van der Waals surface area contributed by atoms with E-state index in [1.54, 1.807) is 17.5 Å². The van der Waals surface area contributed by atoms with Gasteiger partial charge in [0.25, 0.3) is 0 Å². The zero-order valence-electron chi connectivity index (χ0n) is 10.2. The van der Waals surface area contributed by atoms with Crippen molar-refractivity contribution >= 4 is 23.6 Å². The van der Waals surface area contributed by atoms with Gasteiger partial charge < -0.3 is 4.74 Å². The molecule has 0 aliphatic rings. The molecule has 2 nitrogen and oxygen atoms in total. The number of esters is 1. The zero-order valence-corrected chi connectivity index (χ0v) is 11.0. The van der Waals surface area contributed by atoms with Gasteiger partial charge in [-0.1, -0.05) is 55.2 Å². The Hall–Kier alpha value is -2.26. The predicted molar refractivity (Wildman–Crippen MR) is 80.5 cm³/mol. The van der Waals surface area contributed by atoms with E-state index < -0.39 is 5.97 Å². The van der Waals surface area contributed by atoms with Crippen LogP contribution in [0.1, 0.15) is 5.56 Å². The number of carbonyl (C=O) groups is 1. The Morgan fingerprint density at radius 3 is 2.00 bits per heavy atom. The largest absolute Gasteiger partial charge is 0.423 e. The molecule has 19 heavy (non-hydrogen) atoms. The van der Waals surface area contributed by atoms with Crippen LogP contribution in [-0.2, 0) is 4.79 Å². The minimum atomic E-state index is -0.460. The predicted octanol–water partition coefficient (Wildman–Crippen LogP) is 3.79. The molecule has 0 aromatic heterocycles. The van der Waals surface area contributed by atoms with Crippen molar-refractivity contribution < 1.29 is 9.53 Å². The van der Waals surface area contributed by atoms with Crippen LogP contribution in [0.15, 0.2) is 61.2 Å². The summed E-state index contributed by atoms with van der Waals surface area (Å²) in [7, 11) is 0. The minimum absolute atomic E-state index is 0.460. The highest BCUT2D eigenvalue weighted by Crippen LogP contribution is 2.22. The molecule has 0 aliphatic heterocycles. The molecule has 94 valence electrons. The average molecular weight is 268 g/mol. The van der Waals surface area contributed by atoms with Crippen LogP contribution < -0.4 is 4.74 Å². The Bertz CT molecular complexity index is 598. The summed E-state index contributed by atoms with van der Waals surface area (Å²) >= 11 is 4.87. The number of benzene rings is 2. The smallest absolute Gasteiger partial charge is 0.335 e. The molecule has 2 aromatic carbocycles. The molecule has 0 radical (unpaired) electrons. The highest BCUT2D eigenvalue weighted by Gasteiger charge is 2.01. The normalized spacial score (nSPS) is 9.68. The summed E-state index contributed by atoms with van der Waals surface area (Å²) in [5, 5.41) is 1.64. The zero-order chi connectivity index (χ0) is 13.7. The molecule has 0 spiro atoms. The first kappa shape index (κ1) is 13.2. The highest BCUT2D eigenvalue weighted by atomic mass is 32.1. The topological polar surface area (TPSA) is 26.3 Å². The van der Waals surface area contributed by atoms with E-state index >= 15 is 0 Å². The third-order valence-corrected chi connectivity index (χ3v) is 2.89.